The molecule has 1 heterocycles. The maximum absolute atomic E-state index is 8.52. The van der Waals surface area contributed by atoms with Crippen molar-refractivity contribution in [1.29, 1.82) is 0 Å². The SMILES string of the molecule is C1CCOC1.CC(C)(C)O.[NH2-].[Na+]. The summed E-state index contributed by atoms with van der Waals surface area (Å²) in [4.78, 5) is 0. The van der Waals surface area contributed by atoms with Crippen LogP contribution in [0.1, 0.15) is 33.6 Å². The number of rotatable bonds is 0. The molecule has 0 bridgehead atoms. The van der Waals surface area contributed by atoms with E-state index in [1.54, 1.807) is 20.8 Å². The molecule has 0 unspecified atom stereocenters. The molecule has 1 aliphatic heterocycles. The molecule has 12 heavy (non-hydrogen) atoms. The summed E-state index contributed by atoms with van der Waals surface area (Å²) in [6.07, 6.45) is 2.56. The maximum Gasteiger partial charge on any atom is 1.00 e. The van der Waals surface area contributed by atoms with E-state index in [1.807, 2.05) is 0 Å². The molecule has 70 valence electrons. The average molecular weight is 185 g/mol. The summed E-state index contributed by atoms with van der Waals surface area (Å²) in [6.45, 7) is 7.23. The van der Waals surface area contributed by atoms with Crippen LogP contribution in [0.3, 0.4) is 0 Å². The van der Waals surface area contributed by atoms with Crippen molar-refractivity contribution in [1.82, 2.24) is 0 Å². The van der Waals surface area contributed by atoms with Gasteiger partial charge in [0.2, 0.25) is 0 Å². The van der Waals surface area contributed by atoms with Crippen LogP contribution in [0, 0.1) is 0 Å². The second-order valence-corrected chi connectivity index (χ2v) is 3.49. The summed E-state index contributed by atoms with van der Waals surface area (Å²) in [6, 6.07) is 0. The molecule has 0 aliphatic carbocycles. The number of hydrogen-bond donors (Lipinski definition) is 1. The maximum atomic E-state index is 8.52. The van der Waals surface area contributed by atoms with E-state index in [4.69, 9.17) is 9.84 Å². The van der Waals surface area contributed by atoms with Gasteiger partial charge in [-0.1, -0.05) is 0 Å². The molecule has 0 aromatic carbocycles. The van der Waals surface area contributed by atoms with Gasteiger partial charge in [-0.2, -0.15) is 0 Å². The third kappa shape index (κ3) is 30.7. The van der Waals surface area contributed by atoms with E-state index in [-0.39, 0.29) is 35.7 Å². The van der Waals surface area contributed by atoms with Gasteiger partial charge in [-0.05, 0) is 33.6 Å². The minimum Gasteiger partial charge on any atom is -0.693 e. The van der Waals surface area contributed by atoms with Crippen LogP contribution in [0.2, 0.25) is 0 Å². The molecule has 0 radical (unpaired) electrons. The number of aliphatic hydroxyl groups is 1. The van der Waals surface area contributed by atoms with E-state index in [2.05, 4.69) is 0 Å². The van der Waals surface area contributed by atoms with Crippen molar-refractivity contribution in [2.24, 2.45) is 0 Å². The van der Waals surface area contributed by atoms with Crippen molar-refractivity contribution in [2.75, 3.05) is 13.2 Å². The van der Waals surface area contributed by atoms with E-state index < -0.39 is 5.60 Å². The Morgan fingerprint density at radius 1 is 1.08 bits per heavy atom. The van der Waals surface area contributed by atoms with Gasteiger partial charge < -0.3 is 16.0 Å². The third-order valence-electron chi connectivity index (χ3n) is 0.827. The number of hydrogen-bond acceptors (Lipinski definition) is 2. The Morgan fingerprint density at radius 2 is 1.33 bits per heavy atom. The molecule has 0 spiro atoms. The van der Waals surface area contributed by atoms with E-state index in [0.29, 0.717) is 0 Å². The first-order valence-electron chi connectivity index (χ1n) is 3.80. The molecule has 0 saturated carbocycles. The van der Waals surface area contributed by atoms with E-state index >= 15 is 0 Å². The van der Waals surface area contributed by atoms with Crippen LogP contribution >= 0.6 is 0 Å². The largest absolute Gasteiger partial charge is 1.00 e. The Labute approximate surface area is 97.8 Å². The van der Waals surface area contributed by atoms with Gasteiger partial charge in [0.15, 0.2) is 0 Å². The quantitative estimate of drug-likeness (QED) is 0.507. The molecule has 0 atom stereocenters. The minimum absolute atomic E-state index is 0. The summed E-state index contributed by atoms with van der Waals surface area (Å²) in [5, 5.41) is 8.52. The predicted octanol–water partition coefficient (Wildman–Crippen LogP) is -0.705. The standard InChI is InChI=1S/C4H8O.C4H10O.H2N.Na/c1-2-4-5-3-1;1-4(2,3)5;;/h1-4H2;5H,1-3H3;1H2;/q;;-1;+1. The zero-order chi connectivity index (χ0) is 8.04. The van der Waals surface area contributed by atoms with E-state index in [0.717, 1.165) is 13.2 Å². The Balaban J connectivity index is -0.000000116. The van der Waals surface area contributed by atoms with Gasteiger partial charge in [-0.15, -0.1) is 0 Å². The van der Waals surface area contributed by atoms with Crippen LogP contribution in [-0.2, 0) is 4.74 Å². The monoisotopic (exact) mass is 185 g/mol. The van der Waals surface area contributed by atoms with Gasteiger partial charge in [0.05, 0.1) is 5.60 Å². The summed E-state index contributed by atoms with van der Waals surface area (Å²) in [7, 11) is 0. The van der Waals surface area contributed by atoms with Gasteiger partial charge in [-0.25, -0.2) is 0 Å². The zero-order valence-corrected chi connectivity index (χ0v) is 10.8. The minimum atomic E-state index is -0.500. The summed E-state index contributed by atoms with van der Waals surface area (Å²) >= 11 is 0. The smallest absolute Gasteiger partial charge is 0.693 e. The van der Waals surface area contributed by atoms with Crippen molar-refractivity contribution in [3.05, 3.63) is 6.15 Å². The first kappa shape index (κ1) is 18.6. The Morgan fingerprint density at radius 3 is 1.42 bits per heavy atom. The van der Waals surface area contributed by atoms with E-state index in [1.165, 1.54) is 12.8 Å². The molecule has 1 saturated heterocycles. The fourth-order valence-corrected chi connectivity index (χ4v) is 0.510. The van der Waals surface area contributed by atoms with Crippen molar-refractivity contribution in [3.8, 4) is 0 Å². The van der Waals surface area contributed by atoms with Crippen molar-refractivity contribution in [2.45, 2.75) is 39.2 Å². The molecular formula is C8H20NNaO2. The molecule has 0 amide bonds. The topological polar surface area (TPSA) is 63.0 Å². The van der Waals surface area contributed by atoms with Gasteiger partial charge in [-0.3, -0.25) is 0 Å². The van der Waals surface area contributed by atoms with Crippen molar-refractivity contribution >= 4 is 0 Å². The summed E-state index contributed by atoms with van der Waals surface area (Å²) < 4.78 is 4.94. The van der Waals surface area contributed by atoms with Crippen LogP contribution < -0.4 is 29.6 Å². The van der Waals surface area contributed by atoms with E-state index in [9.17, 15) is 0 Å². The van der Waals surface area contributed by atoms with Gasteiger partial charge in [0.1, 0.15) is 0 Å². The molecular weight excluding hydrogens is 165 g/mol. The predicted molar refractivity (Wildman–Crippen MR) is 47.3 cm³/mol. The summed E-state index contributed by atoms with van der Waals surface area (Å²) in [5.74, 6) is 0. The Kier molecular flexibility index (Phi) is 15.5. The van der Waals surface area contributed by atoms with Crippen LogP contribution in [0.5, 0.6) is 0 Å². The van der Waals surface area contributed by atoms with Gasteiger partial charge >= 0.3 is 29.6 Å². The Bertz CT molecular complexity index is 66.0. The fourth-order valence-electron chi connectivity index (χ4n) is 0.510. The third-order valence-corrected chi connectivity index (χ3v) is 0.827. The molecule has 1 aliphatic rings. The van der Waals surface area contributed by atoms with Crippen molar-refractivity contribution < 1.29 is 39.4 Å². The fraction of sp³-hybridized carbons (Fsp3) is 1.00. The normalized spacial score (nSPS) is 15.0. The average Bonchev–Trinajstić information content (AvgIpc) is 2.07. The number of ether oxygens (including phenoxy) is 1. The summed E-state index contributed by atoms with van der Waals surface area (Å²) in [5.41, 5.74) is -0.500. The van der Waals surface area contributed by atoms with Gasteiger partial charge in [0, 0.05) is 13.2 Å². The molecule has 3 N–H and O–H groups in total. The molecule has 1 rings (SSSR count). The Hall–Kier alpha value is 0.880. The molecule has 3 nitrogen and oxygen atoms in total. The number of nitrogens with two attached hydrogens (primary N) is 1. The van der Waals surface area contributed by atoms with Crippen LogP contribution in [0.4, 0.5) is 0 Å². The van der Waals surface area contributed by atoms with Crippen LogP contribution in [0.15, 0.2) is 0 Å². The molecule has 4 heteroatoms. The first-order valence-corrected chi connectivity index (χ1v) is 3.80. The molecule has 1 fully saturated rings. The van der Waals surface area contributed by atoms with Crippen LogP contribution in [0.25, 0.3) is 6.15 Å². The van der Waals surface area contributed by atoms with Crippen molar-refractivity contribution in [3.63, 3.8) is 0 Å². The zero-order valence-electron chi connectivity index (χ0n) is 8.76. The van der Waals surface area contributed by atoms with Crippen LogP contribution in [-0.4, -0.2) is 23.9 Å². The van der Waals surface area contributed by atoms with Gasteiger partial charge in [0.25, 0.3) is 0 Å². The first-order chi connectivity index (χ1) is 4.50. The molecule has 0 aromatic heterocycles. The molecule has 0 aromatic rings. The second kappa shape index (κ2) is 9.96. The second-order valence-electron chi connectivity index (χ2n) is 3.49.